The van der Waals surface area contributed by atoms with Crippen molar-refractivity contribution in [2.75, 3.05) is 43.1 Å². The predicted octanol–water partition coefficient (Wildman–Crippen LogP) is 4.74. The van der Waals surface area contributed by atoms with Crippen LogP contribution < -0.4 is 20.1 Å². The number of nitrogens with zero attached hydrogens (tertiary/aromatic N) is 5. The fourth-order valence-corrected chi connectivity index (χ4v) is 5.38. The van der Waals surface area contributed by atoms with E-state index in [2.05, 4.69) is 9.88 Å². The standard InChI is InChI=1S/C32H37N5O5.ClH/c1-5-37-26-8-7-25(21-27(26)34(4)30(39)32(2,3)31(37)40)41-19-6-15-35(22-23-9-13-33-14-10-23)17-18-36-16-11-24-12-20-42-28(24)29(36)38;/h7-14,16,20-21H,5-6,15,17-19,22H2,1-4H3;1H. The molecule has 0 atom stereocenters. The smallest absolute Gasteiger partial charge is 0.294 e. The summed E-state index contributed by atoms with van der Waals surface area (Å²) in [5, 5.41) is 0.799. The van der Waals surface area contributed by atoms with E-state index in [0.29, 0.717) is 55.5 Å². The van der Waals surface area contributed by atoms with Crippen molar-refractivity contribution in [2.45, 2.75) is 40.3 Å². The van der Waals surface area contributed by atoms with Crippen molar-refractivity contribution in [1.82, 2.24) is 14.5 Å². The quantitative estimate of drug-likeness (QED) is 0.179. The van der Waals surface area contributed by atoms with Crippen molar-refractivity contribution in [1.29, 1.82) is 0 Å². The molecule has 5 rings (SSSR count). The number of benzene rings is 1. The second-order valence-electron chi connectivity index (χ2n) is 11.0. The lowest BCUT2D eigenvalue weighted by atomic mass is 9.90. The van der Waals surface area contributed by atoms with Crippen LogP contribution in [0.1, 0.15) is 32.8 Å². The van der Waals surface area contributed by atoms with Crippen molar-refractivity contribution >= 4 is 46.6 Å². The second-order valence-corrected chi connectivity index (χ2v) is 11.0. The average Bonchev–Trinajstić information content (AvgIpc) is 3.47. The van der Waals surface area contributed by atoms with Crippen molar-refractivity contribution in [3.63, 3.8) is 0 Å². The topological polar surface area (TPSA) is 101 Å². The molecular weight excluding hydrogens is 570 g/mol. The summed E-state index contributed by atoms with van der Waals surface area (Å²) in [5.74, 6) is 0.171. The summed E-state index contributed by atoms with van der Waals surface area (Å²) in [6.45, 7) is 8.81. The van der Waals surface area contributed by atoms with Gasteiger partial charge in [0.25, 0.3) is 5.56 Å². The summed E-state index contributed by atoms with van der Waals surface area (Å²) in [6.07, 6.45) is 7.64. The molecule has 0 fully saturated rings. The Labute approximate surface area is 257 Å². The molecule has 1 aromatic carbocycles. The number of halogens is 1. The average molecular weight is 608 g/mol. The Kier molecular flexibility index (Phi) is 9.93. The molecule has 3 aromatic heterocycles. The molecule has 1 aliphatic heterocycles. The molecule has 11 heteroatoms. The van der Waals surface area contributed by atoms with Crippen LogP contribution >= 0.6 is 12.4 Å². The van der Waals surface area contributed by atoms with E-state index in [4.69, 9.17) is 9.15 Å². The maximum absolute atomic E-state index is 13.1. The number of amides is 2. The first-order chi connectivity index (χ1) is 20.2. The van der Waals surface area contributed by atoms with E-state index in [9.17, 15) is 14.4 Å². The Balaban J connectivity index is 0.00000423. The predicted molar refractivity (Wildman–Crippen MR) is 169 cm³/mol. The van der Waals surface area contributed by atoms with Crippen LogP contribution in [0.5, 0.6) is 5.75 Å². The first-order valence-electron chi connectivity index (χ1n) is 14.3. The van der Waals surface area contributed by atoms with Gasteiger partial charge in [-0.2, -0.15) is 0 Å². The highest BCUT2D eigenvalue weighted by Gasteiger charge is 2.45. The van der Waals surface area contributed by atoms with Gasteiger partial charge in [0.1, 0.15) is 11.2 Å². The largest absolute Gasteiger partial charge is 0.493 e. The van der Waals surface area contributed by atoms with Crippen molar-refractivity contribution in [3.8, 4) is 5.75 Å². The Morgan fingerprint density at radius 1 is 0.977 bits per heavy atom. The third kappa shape index (κ3) is 6.60. The van der Waals surface area contributed by atoms with Crippen LogP contribution in [0.3, 0.4) is 0 Å². The molecule has 0 radical (unpaired) electrons. The summed E-state index contributed by atoms with van der Waals surface area (Å²) < 4.78 is 13.2. The minimum Gasteiger partial charge on any atom is -0.493 e. The third-order valence-electron chi connectivity index (χ3n) is 7.82. The molecule has 0 saturated carbocycles. The highest BCUT2D eigenvalue weighted by molar-refractivity contribution is 6.20. The van der Waals surface area contributed by atoms with E-state index < -0.39 is 5.41 Å². The van der Waals surface area contributed by atoms with E-state index in [0.717, 1.165) is 23.9 Å². The number of hydrogen-bond acceptors (Lipinski definition) is 7. The van der Waals surface area contributed by atoms with Gasteiger partial charge in [0.15, 0.2) is 5.58 Å². The first kappa shape index (κ1) is 31.8. The molecule has 0 unspecified atom stereocenters. The van der Waals surface area contributed by atoms with Crippen LogP contribution in [0.25, 0.3) is 11.0 Å². The zero-order chi connectivity index (χ0) is 29.9. The van der Waals surface area contributed by atoms with E-state index >= 15 is 0 Å². The molecular formula is C32H38ClN5O5. The Bertz CT molecular complexity index is 1630. The zero-order valence-corrected chi connectivity index (χ0v) is 25.8. The number of carbonyl (C=O) groups is 2. The van der Waals surface area contributed by atoms with E-state index in [1.165, 1.54) is 6.26 Å². The van der Waals surface area contributed by atoms with E-state index in [-0.39, 0.29) is 29.8 Å². The monoisotopic (exact) mass is 607 g/mol. The van der Waals surface area contributed by atoms with Gasteiger partial charge in [-0.1, -0.05) is 0 Å². The van der Waals surface area contributed by atoms with Gasteiger partial charge in [0.2, 0.25) is 11.8 Å². The highest BCUT2D eigenvalue weighted by Crippen LogP contribution is 2.40. The molecule has 1 aliphatic rings. The second kappa shape index (κ2) is 13.4. The van der Waals surface area contributed by atoms with Crippen molar-refractivity contribution < 1.29 is 18.7 Å². The number of aromatic nitrogens is 2. The molecule has 43 heavy (non-hydrogen) atoms. The minimum atomic E-state index is -1.15. The molecule has 0 aliphatic carbocycles. The third-order valence-corrected chi connectivity index (χ3v) is 7.82. The van der Waals surface area contributed by atoms with Gasteiger partial charge >= 0.3 is 0 Å². The minimum absolute atomic E-state index is 0. The molecule has 4 aromatic rings. The van der Waals surface area contributed by atoms with Crippen LogP contribution in [-0.2, 0) is 22.7 Å². The lowest BCUT2D eigenvalue weighted by Crippen LogP contribution is -2.47. The van der Waals surface area contributed by atoms with Gasteiger partial charge in [0.05, 0.1) is 24.2 Å². The molecule has 0 spiro atoms. The van der Waals surface area contributed by atoms with Gasteiger partial charge in [0, 0.05) is 69.8 Å². The van der Waals surface area contributed by atoms with Gasteiger partial charge in [-0.3, -0.25) is 24.3 Å². The fourth-order valence-electron chi connectivity index (χ4n) is 5.38. The van der Waals surface area contributed by atoms with Crippen LogP contribution in [0.4, 0.5) is 11.4 Å². The van der Waals surface area contributed by atoms with Gasteiger partial charge in [-0.25, -0.2) is 0 Å². The number of fused-ring (bicyclic) bond motifs is 2. The zero-order valence-electron chi connectivity index (χ0n) is 25.0. The molecule has 4 heterocycles. The summed E-state index contributed by atoms with van der Waals surface area (Å²) in [5.41, 5.74) is 1.56. The number of anilines is 2. The summed E-state index contributed by atoms with van der Waals surface area (Å²) >= 11 is 0. The molecule has 228 valence electrons. The van der Waals surface area contributed by atoms with Crippen LogP contribution in [0, 0.1) is 5.41 Å². The Morgan fingerprint density at radius 3 is 2.49 bits per heavy atom. The van der Waals surface area contributed by atoms with E-state index in [1.54, 1.807) is 53.7 Å². The van der Waals surface area contributed by atoms with Gasteiger partial charge in [-0.05, 0) is 69.2 Å². The number of hydrogen-bond donors (Lipinski definition) is 0. The molecule has 0 saturated heterocycles. The van der Waals surface area contributed by atoms with Crippen LogP contribution in [0.2, 0.25) is 0 Å². The molecule has 10 nitrogen and oxygen atoms in total. The maximum Gasteiger partial charge on any atom is 0.294 e. The number of ether oxygens (including phenoxy) is 1. The molecule has 0 bridgehead atoms. The summed E-state index contributed by atoms with van der Waals surface area (Å²) in [4.78, 5) is 48.7. The summed E-state index contributed by atoms with van der Waals surface area (Å²) in [7, 11) is 1.70. The highest BCUT2D eigenvalue weighted by atomic mass is 35.5. The maximum atomic E-state index is 13.1. The summed E-state index contributed by atoms with van der Waals surface area (Å²) in [6, 6.07) is 13.2. The lowest BCUT2D eigenvalue weighted by Gasteiger charge is -2.27. The SMILES string of the molecule is CCN1C(=O)C(C)(C)C(=O)N(C)c2cc(OCCCN(CCn3ccc4ccoc4c3=O)Cc3ccncc3)ccc21.Cl. The van der Waals surface area contributed by atoms with Crippen LogP contribution in [0.15, 0.2) is 76.5 Å². The Hall–Kier alpha value is -4.15. The Morgan fingerprint density at radius 2 is 1.74 bits per heavy atom. The van der Waals surface area contributed by atoms with Gasteiger partial charge < -0.3 is 23.5 Å². The number of rotatable bonds is 11. The number of furan rings is 1. The van der Waals surface area contributed by atoms with E-state index in [1.807, 2.05) is 49.5 Å². The lowest BCUT2D eigenvalue weighted by molar-refractivity contribution is -0.137. The number of pyridine rings is 2. The molecule has 2 amide bonds. The van der Waals surface area contributed by atoms with Gasteiger partial charge in [-0.15, -0.1) is 12.4 Å². The fraction of sp³-hybridized carbons (Fsp3) is 0.375. The number of carbonyl (C=O) groups excluding carboxylic acids is 2. The van der Waals surface area contributed by atoms with Crippen molar-refractivity contribution in [2.24, 2.45) is 5.41 Å². The first-order valence-corrected chi connectivity index (χ1v) is 14.3. The molecule has 0 N–H and O–H groups in total. The van der Waals surface area contributed by atoms with Crippen molar-refractivity contribution in [3.05, 3.63) is 83.2 Å². The van der Waals surface area contributed by atoms with Crippen LogP contribution in [-0.4, -0.2) is 59.6 Å². The normalized spacial score (nSPS) is 14.5.